The molecule has 1 amide bonds. The minimum atomic E-state index is 0.358. The van der Waals surface area contributed by atoms with Gasteiger partial charge in [-0.15, -0.1) is 0 Å². The fraction of sp³-hybridized carbons (Fsp3) is 0.933. The molecule has 0 aromatic rings. The zero-order chi connectivity index (χ0) is 13.2. The molecule has 2 heterocycles. The van der Waals surface area contributed by atoms with Crippen molar-refractivity contribution in [1.29, 1.82) is 0 Å². The molecule has 1 saturated carbocycles. The number of carbonyl (C=O) groups excluding carboxylic acids is 1. The van der Waals surface area contributed by atoms with Crippen LogP contribution in [0.2, 0.25) is 0 Å². The molecule has 0 aromatic heterocycles. The van der Waals surface area contributed by atoms with E-state index in [4.69, 9.17) is 0 Å². The molecule has 0 bridgehead atoms. The third kappa shape index (κ3) is 2.56. The summed E-state index contributed by atoms with van der Waals surface area (Å²) in [5.41, 5.74) is 0.598. The van der Waals surface area contributed by atoms with Gasteiger partial charge in [0.25, 0.3) is 0 Å². The molecule has 2 saturated heterocycles. The molecule has 3 rings (SSSR count). The van der Waals surface area contributed by atoms with Crippen molar-refractivity contribution in [3.63, 3.8) is 0 Å². The molecule has 2 aliphatic heterocycles. The highest BCUT2D eigenvalue weighted by Crippen LogP contribution is 2.45. The second kappa shape index (κ2) is 5.60. The van der Waals surface area contributed by atoms with Crippen molar-refractivity contribution in [3.8, 4) is 0 Å². The minimum absolute atomic E-state index is 0.358. The molecule has 3 nitrogen and oxygen atoms in total. The normalized spacial score (nSPS) is 26.9. The summed E-state index contributed by atoms with van der Waals surface area (Å²) in [4.78, 5) is 16.5. The van der Waals surface area contributed by atoms with Gasteiger partial charge in [0.15, 0.2) is 0 Å². The Kier molecular flexibility index (Phi) is 4.31. The number of hydrogen-bond acceptors (Lipinski definition) is 2. The first-order valence-electron chi connectivity index (χ1n) is 7.66. The smallest absolute Gasteiger partial charge is 0.225 e. The van der Waals surface area contributed by atoms with Gasteiger partial charge in [-0.25, -0.2) is 0 Å². The van der Waals surface area contributed by atoms with Crippen molar-refractivity contribution in [2.24, 2.45) is 11.3 Å². The van der Waals surface area contributed by atoms with Gasteiger partial charge in [0.1, 0.15) is 0 Å². The number of rotatable bonds is 1. The number of likely N-dealkylation sites (tertiary alicyclic amines) is 2. The average Bonchev–Trinajstić information content (AvgIpc) is 2.28. The molecule has 1 aliphatic carbocycles. The third-order valence-electron chi connectivity index (χ3n) is 4.77. The Morgan fingerprint density at radius 1 is 1.11 bits per heavy atom. The van der Waals surface area contributed by atoms with E-state index < -0.39 is 0 Å². The summed E-state index contributed by atoms with van der Waals surface area (Å²) in [6.45, 7) is 8.56. The zero-order valence-corrected chi connectivity index (χ0v) is 12.2. The summed E-state index contributed by atoms with van der Waals surface area (Å²) < 4.78 is 0. The largest absolute Gasteiger partial charge is 0.342 e. The van der Waals surface area contributed by atoms with Crippen molar-refractivity contribution in [2.45, 2.75) is 46.0 Å². The first-order chi connectivity index (χ1) is 8.69. The quantitative estimate of drug-likeness (QED) is 0.715. The van der Waals surface area contributed by atoms with Crippen molar-refractivity contribution in [3.05, 3.63) is 0 Å². The summed E-state index contributed by atoms with van der Waals surface area (Å²) in [5, 5.41) is 0. The Morgan fingerprint density at radius 3 is 2.06 bits per heavy atom. The molecule has 0 radical (unpaired) electrons. The second-order valence-corrected chi connectivity index (χ2v) is 6.13. The average molecular weight is 252 g/mol. The second-order valence-electron chi connectivity index (χ2n) is 6.13. The molecule has 0 atom stereocenters. The summed E-state index contributed by atoms with van der Waals surface area (Å²) in [6, 6.07) is 0. The fourth-order valence-corrected chi connectivity index (χ4v) is 3.69. The lowest BCUT2D eigenvalue weighted by molar-refractivity contribution is -0.142. The van der Waals surface area contributed by atoms with Crippen LogP contribution in [0.5, 0.6) is 0 Å². The van der Waals surface area contributed by atoms with Crippen molar-refractivity contribution in [1.82, 2.24) is 9.80 Å². The first kappa shape index (κ1) is 13.9. The van der Waals surface area contributed by atoms with E-state index in [1.807, 2.05) is 13.8 Å². The predicted molar refractivity (Wildman–Crippen MR) is 74.4 cm³/mol. The van der Waals surface area contributed by atoms with Crippen LogP contribution < -0.4 is 0 Å². The van der Waals surface area contributed by atoms with Crippen LogP contribution >= 0.6 is 0 Å². The van der Waals surface area contributed by atoms with Gasteiger partial charge in [-0.3, -0.25) is 4.79 Å². The van der Waals surface area contributed by atoms with Gasteiger partial charge in [0.05, 0.1) is 0 Å². The number of amides is 1. The zero-order valence-electron chi connectivity index (χ0n) is 12.2. The van der Waals surface area contributed by atoms with Gasteiger partial charge < -0.3 is 9.80 Å². The Morgan fingerprint density at radius 2 is 1.67 bits per heavy atom. The Labute approximate surface area is 112 Å². The van der Waals surface area contributed by atoms with E-state index in [1.165, 1.54) is 32.4 Å². The Balaban J connectivity index is 0.000000574. The monoisotopic (exact) mass is 252 g/mol. The molecule has 0 N–H and O–H groups in total. The van der Waals surface area contributed by atoms with Crippen molar-refractivity contribution >= 4 is 5.91 Å². The maximum absolute atomic E-state index is 12.1. The molecule has 3 fully saturated rings. The van der Waals surface area contributed by atoms with Gasteiger partial charge in [0, 0.05) is 32.1 Å². The lowest BCUT2D eigenvalue weighted by Crippen LogP contribution is -2.56. The van der Waals surface area contributed by atoms with E-state index in [1.54, 1.807) is 0 Å². The molecular weight excluding hydrogens is 224 g/mol. The van der Waals surface area contributed by atoms with Gasteiger partial charge in [0.2, 0.25) is 5.91 Å². The van der Waals surface area contributed by atoms with Gasteiger partial charge in [-0.05, 0) is 44.6 Å². The topological polar surface area (TPSA) is 23.6 Å². The number of nitrogens with zero attached hydrogens (tertiary/aromatic N) is 2. The maximum Gasteiger partial charge on any atom is 0.225 e. The molecule has 18 heavy (non-hydrogen) atoms. The summed E-state index contributed by atoms with van der Waals surface area (Å²) in [5.74, 6) is 0.811. The molecule has 3 heteroatoms. The van der Waals surface area contributed by atoms with Crippen LogP contribution in [0.1, 0.15) is 46.0 Å². The van der Waals surface area contributed by atoms with Crippen LogP contribution in [-0.4, -0.2) is 48.9 Å². The Hall–Kier alpha value is -0.570. The van der Waals surface area contributed by atoms with Crippen molar-refractivity contribution < 1.29 is 4.79 Å². The first-order valence-corrected chi connectivity index (χ1v) is 7.66. The van der Waals surface area contributed by atoms with Crippen molar-refractivity contribution in [2.75, 3.05) is 33.2 Å². The standard InChI is InChI=1S/C13H22N2O.C2H6/c1-14-9-13(10-14)5-3-11(4-6-13)12(16)15-7-2-8-15;1-2/h11H,2-10H2,1H3;1-2H3. The summed E-state index contributed by atoms with van der Waals surface area (Å²) >= 11 is 0. The lowest BCUT2D eigenvalue weighted by atomic mass is 9.66. The van der Waals surface area contributed by atoms with Crippen LogP contribution in [0.25, 0.3) is 0 Å². The molecule has 0 unspecified atom stereocenters. The molecular formula is C15H28N2O. The molecule has 1 spiro atoms. The fourth-order valence-electron chi connectivity index (χ4n) is 3.69. The highest BCUT2D eigenvalue weighted by molar-refractivity contribution is 5.79. The van der Waals surface area contributed by atoms with E-state index in [-0.39, 0.29) is 0 Å². The summed E-state index contributed by atoms with van der Waals surface area (Å²) in [6.07, 6.45) is 6.06. The Bertz CT molecular complexity index is 283. The SMILES string of the molecule is CC.CN1CC2(CCC(C(=O)N3CCC3)CC2)C1. The van der Waals surface area contributed by atoms with Crippen LogP contribution in [0.4, 0.5) is 0 Å². The lowest BCUT2D eigenvalue weighted by Gasteiger charge is -2.52. The van der Waals surface area contributed by atoms with Gasteiger partial charge >= 0.3 is 0 Å². The van der Waals surface area contributed by atoms with E-state index in [9.17, 15) is 4.79 Å². The van der Waals surface area contributed by atoms with E-state index in [2.05, 4.69) is 16.8 Å². The summed E-state index contributed by atoms with van der Waals surface area (Å²) in [7, 11) is 2.20. The molecule has 3 aliphatic rings. The molecule has 0 aromatic carbocycles. The van der Waals surface area contributed by atoms with E-state index in [0.717, 1.165) is 25.9 Å². The minimum Gasteiger partial charge on any atom is -0.342 e. The van der Waals surface area contributed by atoms with Gasteiger partial charge in [-0.2, -0.15) is 0 Å². The number of hydrogen-bond donors (Lipinski definition) is 0. The van der Waals surface area contributed by atoms with Crippen LogP contribution in [0.3, 0.4) is 0 Å². The van der Waals surface area contributed by atoms with E-state index >= 15 is 0 Å². The van der Waals surface area contributed by atoms with E-state index in [0.29, 0.717) is 17.2 Å². The highest BCUT2D eigenvalue weighted by Gasteiger charge is 2.45. The highest BCUT2D eigenvalue weighted by atomic mass is 16.2. The third-order valence-corrected chi connectivity index (χ3v) is 4.77. The van der Waals surface area contributed by atoms with Crippen LogP contribution in [0.15, 0.2) is 0 Å². The predicted octanol–water partition coefficient (Wildman–Crippen LogP) is 2.37. The van der Waals surface area contributed by atoms with Crippen LogP contribution in [0, 0.1) is 11.3 Å². The molecule has 104 valence electrons. The maximum atomic E-state index is 12.1. The number of carbonyl (C=O) groups is 1. The van der Waals surface area contributed by atoms with Crippen LogP contribution in [-0.2, 0) is 4.79 Å². The van der Waals surface area contributed by atoms with Gasteiger partial charge in [-0.1, -0.05) is 13.8 Å².